The zero-order valence-electron chi connectivity index (χ0n) is 12.4. The van der Waals surface area contributed by atoms with Crippen LogP contribution in [0.25, 0.3) is 11.0 Å². The van der Waals surface area contributed by atoms with Crippen molar-refractivity contribution in [3.8, 4) is 0 Å². The van der Waals surface area contributed by atoms with Gasteiger partial charge in [-0.1, -0.05) is 32.0 Å². The molecule has 0 bridgehead atoms. The van der Waals surface area contributed by atoms with Crippen LogP contribution < -0.4 is 5.73 Å². The first-order valence-electron chi connectivity index (χ1n) is 7.60. The van der Waals surface area contributed by atoms with Gasteiger partial charge in [0.25, 0.3) is 0 Å². The van der Waals surface area contributed by atoms with Crippen LogP contribution in [0.4, 0.5) is 0 Å². The third-order valence-corrected chi connectivity index (χ3v) is 4.60. The third kappa shape index (κ3) is 2.48. The molecule has 0 spiro atoms. The Labute approximate surface area is 120 Å². The van der Waals surface area contributed by atoms with Crippen molar-refractivity contribution in [2.75, 3.05) is 13.1 Å². The highest BCUT2D eigenvalue weighted by Crippen LogP contribution is 2.30. The predicted molar refractivity (Wildman–Crippen MR) is 82.3 cm³/mol. The van der Waals surface area contributed by atoms with E-state index in [1.54, 1.807) is 0 Å². The maximum Gasteiger partial charge on any atom is 0.134 e. The molecule has 0 aliphatic carbocycles. The summed E-state index contributed by atoms with van der Waals surface area (Å²) < 4.78 is 5.88. The van der Waals surface area contributed by atoms with Crippen LogP contribution in [0, 0.1) is 11.8 Å². The zero-order valence-corrected chi connectivity index (χ0v) is 12.4. The monoisotopic (exact) mass is 272 g/mol. The van der Waals surface area contributed by atoms with Crippen molar-refractivity contribution < 1.29 is 4.42 Å². The highest BCUT2D eigenvalue weighted by atomic mass is 16.3. The molecular formula is C17H24N2O. The summed E-state index contributed by atoms with van der Waals surface area (Å²) in [5.74, 6) is 2.55. The number of nitrogens with two attached hydrogens (primary N) is 1. The summed E-state index contributed by atoms with van der Waals surface area (Å²) in [4.78, 5) is 2.54. The van der Waals surface area contributed by atoms with Gasteiger partial charge in [-0.3, -0.25) is 4.90 Å². The van der Waals surface area contributed by atoms with E-state index in [0.717, 1.165) is 29.7 Å². The number of nitrogens with zero attached hydrogens (tertiary/aromatic N) is 1. The van der Waals surface area contributed by atoms with E-state index in [2.05, 4.69) is 30.9 Å². The zero-order chi connectivity index (χ0) is 14.1. The van der Waals surface area contributed by atoms with E-state index in [1.807, 2.05) is 12.1 Å². The molecule has 108 valence electrons. The van der Waals surface area contributed by atoms with Crippen molar-refractivity contribution >= 4 is 11.0 Å². The average molecular weight is 272 g/mol. The highest BCUT2D eigenvalue weighted by molar-refractivity contribution is 5.82. The van der Waals surface area contributed by atoms with Gasteiger partial charge in [0.05, 0.1) is 6.54 Å². The Balaban J connectivity index is 1.84. The second kappa shape index (κ2) is 5.58. The Morgan fingerprint density at radius 2 is 2.15 bits per heavy atom. The van der Waals surface area contributed by atoms with Gasteiger partial charge in [-0.15, -0.1) is 0 Å². The number of likely N-dealkylation sites (tertiary alicyclic amines) is 1. The minimum Gasteiger partial charge on any atom is -0.459 e. The lowest BCUT2D eigenvalue weighted by molar-refractivity contribution is 0.295. The molecule has 2 N–H and O–H groups in total. The van der Waals surface area contributed by atoms with Crippen LogP contribution in [-0.2, 0) is 13.1 Å². The molecule has 1 aliphatic rings. The van der Waals surface area contributed by atoms with Crippen molar-refractivity contribution in [1.29, 1.82) is 0 Å². The average Bonchev–Trinajstić information content (AvgIpc) is 3.04. The van der Waals surface area contributed by atoms with Crippen LogP contribution in [0.1, 0.15) is 31.6 Å². The molecule has 1 atom stereocenters. The van der Waals surface area contributed by atoms with E-state index in [0.29, 0.717) is 6.54 Å². The molecule has 1 aliphatic heterocycles. The molecular weight excluding hydrogens is 248 g/mol. The van der Waals surface area contributed by atoms with Gasteiger partial charge in [0.15, 0.2) is 0 Å². The number of furan rings is 1. The molecule has 3 nitrogen and oxygen atoms in total. The largest absolute Gasteiger partial charge is 0.459 e. The molecule has 2 aromatic rings. The molecule has 1 saturated heterocycles. The van der Waals surface area contributed by atoms with E-state index >= 15 is 0 Å². The normalized spacial score (nSPS) is 20.3. The van der Waals surface area contributed by atoms with Gasteiger partial charge in [-0.2, -0.15) is 0 Å². The fraction of sp³-hybridized carbons (Fsp3) is 0.529. The van der Waals surface area contributed by atoms with Crippen LogP contribution in [0.15, 0.2) is 28.7 Å². The topological polar surface area (TPSA) is 42.4 Å². The molecule has 1 unspecified atom stereocenters. The van der Waals surface area contributed by atoms with Crippen molar-refractivity contribution in [2.24, 2.45) is 17.6 Å². The van der Waals surface area contributed by atoms with Crippen molar-refractivity contribution in [3.05, 3.63) is 35.6 Å². The summed E-state index contributed by atoms with van der Waals surface area (Å²) in [7, 11) is 0. The lowest BCUT2D eigenvalue weighted by Crippen LogP contribution is -2.22. The Kier molecular flexibility index (Phi) is 3.81. The van der Waals surface area contributed by atoms with Crippen LogP contribution >= 0.6 is 0 Å². The number of para-hydroxylation sites is 1. The fourth-order valence-electron chi connectivity index (χ4n) is 3.26. The summed E-state index contributed by atoms with van der Waals surface area (Å²) in [5, 5.41) is 1.22. The summed E-state index contributed by atoms with van der Waals surface area (Å²) in [5.41, 5.74) is 8.10. The van der Waals surface area contributed by atoms with Crippen LogP contribution in [0.2, 0.25) is 0 Å². The number of hydrogen-bond donors (Lipinski definition) is 1. The molecule has 1 fully saturated rings. The summed E-state index contributed by atoms with van der Waals surface area (Å²) in [6.45, 7) is 8.48. The number of benzene rings is 1. The SMILES string of the molecule is CC(C)C1CCN(Cc2c(CN)oc3ccccc23)C1. The first-order chi connectivity index (χ1) is 9.69. The van der Waals surface area contributed by atoms with Gasteiger partial charge in [-0.25, -0.2) is 0 Å². The molecule has 2 heterocycles. The maximum absolute atomic E-state index is 5.88. The first-order valence-corrected chi connectivity index (χ1v) is 7.60. The molecule has 3 heteroatoms. The van der Waals surface area contributed by atoms with Gasteiger partial charge in [0, 0.05) is 24.0 Å². The van der Waals surface area contributed by atoms with E-state index in [1.165, 1.54) is 30.5 Å². The fourth-order valence-corrected chi connectivity index (χ4v) is 3.26. The lowest BCUT2D eigenvalue weighted by atomic mass is 9.95. The highest BCUT2D eigenvalue weighted by Gasteiger charge is 2.26. The minimum absolute atomic E-state index is 0.478. The molecule has 20 heavy (non-hydrogen) atoms. The van der Waals surface area contributed by atoms with Gasteiger partial charge in [-0.05, 0) is 30.9 Å². The predicted octanol–water partition coefficient (Wildman–Crippen LogP) is 3.37. The van der Waals surface area contributed by atoms with Crippen LogP contribution in [-0.4, -0.2) is 18.0 Å². The molecule has 0 amide bonds. The van der Waals surface area contributed by atoms with Crippen molar-refractivity contribution in [1.82, 2.24) is 4.90 Å². The standard InChI is InChI=1S/C17H24N2O/c1-12(2)13-7-8-19(10-13)11-15-14-5-3-4-6-16(14)20-17(15)9-18/h3-6,12-13H,7-11,18H2,1-2H3. The van der Waals surface area contributed by atoms with Crippen LogP contribution in [0.5, 0.6) is 0 Å². The van der Waals surface area contributed by atoms with E-state index in [9.17, 15) is 0 Å². The summed E-state index contributed by atoms with van der Waals surface area (Å²) in [6, 6.07) is 8.26. The quantitative estimate of drug-likeness (QED) is 0.928. The van der Waals surface area contributed by atoms with Gasteiger partial charge < -0.3 is 10.2 Å². The van der Waals surface area contributed by atoms with Crippen LogP contribution in [0.3, 0.4) is 0 Å². The van der Waals surface area contributed by atoms with Gasteiger partial charge >= 0.3 is 0 Å². The molecule has 1 aromatic heterocycles. The van der Waals surface area contributed by atoms with Crippen molar-refractivity contribution in [2.45, 2.75) is 33.4 Å². The third-order valence-electron chi connectivity index (χ3n) is 4.60. The Hall–Kier alpha value is -1.32. The van der Waals surface area contributed by atoms with Crippen molar-refractivity contribution in [3.63, 3.8) is 0 Å². The van der Waals surface area contributed by atoms with E-state index < -0.39 is 0 Å². The molecule has 0 radical (unpaired) electrons. The first kappa shape index (κ1) is 13.7. The summed E-state index contributed by atoms with van der Waals surface area (Å²) in [6.07, 6.45) is 1.31. The second-order valence-corrected chi connectivity index (χ2v) is 6.23. The summed E-state index contributed by atoms with van der Waals surface area (Å²) >= 11 is 0. The van der Waals surface area contributed by atoms with E-state index in [-0.39, 0.29) is 0 Å². The lowest BCUT2D eigenvalue weighted by Gasteiger charge is -2.17. The Morgan fingerprint density at radius 1 is 1.35 bits per heavy atom. The van der Waals surface area contributed by atoms with E-state index in [4.69, 9.17) is 10.2 Å². The van der Waals surface area contributed by atoms with Gasteiger partial charge in [0.1, 0.15) is 11.3 Å². The second-order valence-electron chi connectivity index (χ2n) is 6.23. The number of hydrogen-bond acceptors (Lipinski definition) is 3. The smallest absolute Gasteiger partial charge is 0.134 e. The molecule has 3 rings (SSSR count). The minimum atomic E-state index is 0.478. The maximum atomic E-state index is 5.88. The number of rotatable bonds is 4. The molecule has 0 saturated carbocycles. The Bertz CT molecular complexity index is 588. The number of fused-ring (bicyclic) bond motifs is 1. The Morgan fingerprint density at radius 3 is 2.85 bits per heavy atom. The molecule has 1 aromatic carbocycles. The van der Waals surface area contributed by atoms with Gasteiger partial charge in [0.2, 0.25) is 0 Å².